The summed E-state index contributed by atoms with van der Waals surface area (Å²) < 4.78 is 7.71. The number of benzene rings is 8. The molecular weight excluding hydrogens is 685 g/mol. The van der Waals surface area contributed by atoms with Crippen LogP contribution in [0.15, 0.2) is 176 Å². The van der Waals surface area contributed by atoms with Crippen LogP contribution in [0, 0.1) is 0 Å². The van der Waals surface area contributed by atoms with Gasteiger partial charge in [0.15, 0.2) is 0 Å². The Morgan fingerprint density at radius 2 is 1.24 bits per heavy atom. The first-order chi connectivity index (χ1) is 27.3. The summed E-state index contributed by atoms with van der Waals surface area (Å²) in [6, 6.07) is 62.8. The molecule has 3 aromatic heterocycles. The Hall–Kier alpha value is -6.68. The summed E-state index contributed by atoms with van der Waals surface area (Å²) in [6.07, 6.45) is 6.79. The van der Waals surface area contributed by atoms with Gasteiger partial charge in [-0.25, -0.2) is 0 Å². The lowest BCUT2D eigenvalue weighted by Gasteiger charge is -2.15. The number of nitrogens with zero attached hydrogens (tertiary/aromatic N) is 2. The summed E-state index contributed by atoms with van der Waals surface area (Å²) in [7, 11) is 0. The Kier molecular flexibility index (Phi) is 6.66. The molecule has 0 aliphatic heterocycles. The molecule has 0 amide bonds. The minimum Gasteiger partial charge on any atom is -0.312 e. The molecule has 3 heteroatoms. The third-order valence-electron chi connectivity index (χ3n) is 11.8. The fourth-order valence-electron chi connectivity index (χ4n) is 9.34. The minimum atomic E-state index is 1.01. The van der Waals surface area contributed by atoms with E-state index in [2.05, 4.69) is 191 Å². The average molecular weight is 719 g/mol. The van der Waals surface area contributed by atoms with E-state index in [0.29, 0.717) is 0 Å². The van der Waals surface area contributed by atoms with Crippen molar-refractivity contribution in [2.75, 3.05) is 0 Å². The molecule has 0 spiro atoms. The van der Waals surface area contributed by atoms with E-state index >= 15 is 0 Å². The third-order valence-corrected chi connectivity index (χ3v) is 13.0. The highest BCUT2D eigenvalue weighted by molar-refractivity contribution is 7.26. The first-order valence-electron chi connectivity index (χ1n) is 19.2. The van der Waals surface area contributed by atoms with Crippen molar-refractivity contribution in [2.45, 2.75) is 12.8 Å². The van der Waals surface area contributed by atoms with E-state index < -0.39 is 0 Å². The Labute approximate surface area is 322 Å². The molecule has 0 atom stereocenters. The zero-order chi connectivity index (χ0) is 36.0. The van der Waals surface area contributed by atoms with E-state index in [4.69, 9.17) is 0 Å². The van der Waals surface area contributed by atoms with Crippen molar-refractivity contribution in [1.29, 1.82) is 0 Å². The highest BCUT2D eigenvalue weighted by atomic mass is 32.1. The van der Waals surface area contributed by atoms with Crippen LogP contribution in [-0.2, 0) is 6.42 Å². The second-order valence-electron chi connectivity index (χ2n) is 14.8. The lowest BCUT2D eigenvalue weighted by Crippen LogP contribution is -2.03. The lowest BCUT2D eigenvalue weighted by molar-refractivity contribution is 0.890. The SMILES string of the molecule is C1=Cc2c(n(-c3cccc(-c4ccccc4)c3)c3c2cc(-c2ccc4c(c2)c2ccccc2n4-c2cccc4ccccc24)c2sc4ccccc4c23)CC1. The van der Waals surface area contributed by atoms with Crippen molar-refractivity contribution in [3.8, 4) is 33.6 Å². The smallest absolute Gasteiger partial charge is 0.0631 e. The third kappa shape index (κ3) is 4.54. The van der Waals surface area contributed by atoms with Gasteiger partial charge in [-0.3, -0.25) is 0 Å². The molecule has 1 aliphatic carbocycles. The van der Waals surface area contributed by atoms with Crippen LogP contribution in [0.4, 0.5) is 0 Å². The van der Waals surface area contributed by atoms with Gasteiger partial charge < -0.3 is 9.13 Å². The molecule has 12 rings (SSSR count). The van der Waals surface area contributed by atoms with Crippen molar-refractivity contribution in [2.24, 2.45) is 0 Å². The van der Waals surface area contributed by atoms with Gasteiger partial charge in [0.1, 0.15) is 0 Å². The van der Waals surface area contributed by atoms with Crippen LogP contribution in [0.25, 0.3) is 103 Å². The second-order valence-corrected chi connectivity index (χ2v) is 15.8. The predicted octanol–water partition coefficient (Wildman–Crippen LogP) is 14.5. The van der Waals surface area contributed by atoms with Crippen LogP contribution < -0.4 is 0 Å². The fraction of sp³-hybridized carbons (Fsp3) is 0.0385. The Bertz CT molecular complexity index is 3370. The average Bonchev–Trinajstić information content (AvgIpc) is 3.91. The van der Waals surface area contributed by atoms with E-state index in [1.54, 1.807) is 0 Å². The molecule has 1 aliphatic rings. The van der Waals surface area contributed by atoms with Crippen LogP contribution in [0.1, 0.15) is 17.7 Å². The van der Waals surface area contributed by atoms with Crippen LogP contribution in [-0.4, -0.2) is 9.13 Å². The summed E-state index contributed by atoms with van der Waals surface area (Å²) in [5.74, 6) is 0. The molecule has 11 aromatic rings. The Morgan fingerprint density at radius 3 is 2.16 bits per heavy atom. The van der Waals surface area contributed by atoms with E-state index in [1.165, 1.54) is 109 Å². The van der Waals surface area contributed by atoms with Gasteiger partial charge in [-0.2, -0.15) is 0 Å². The van der Waals surface area contributed by atoms with Crippen LogP contribution in [0.5, 0.6) is 0 Å². The molecule has 2 nitrogen and oxygen atoms in total. The maximum absolute atomic E-state index is 2.59. The topological polar surface area (TPSA) is 9.86 Å². The largest absolute Gasteiger partial charge is 0.312 e. The molecule has 0 fully saturated rings. The standard InChI is InChI=1S/C52H34N2S/c1-2-14-33(15-3-1)35-18-12-19-37(30-35)53-46-24-9-7-22-40(46)44-32-42(52-50(51(44)53)41-23-8-11-27-49(41)55-52)36-28-29-48-43(31-36)39-21-6-10-25-47(39)54(48)45-26-13-17-34-16-4-5-20-38(34)45/h1-8,10-23,25-32H,9,24H2. The van der Waals surface area contributed by atoms with Gasteiger partial charge in [0.05, 0.1) is 22.2 Å². The first-order valence-corrected chi connectivity index (χ1v) is 20.0. The van der Waals surface area contributed by atoms with Gasteiger partial charge in [-0.05, 0) is 83.4 Å². The molecule has 0 unspecified atom stereocenters. The Balaban J connectivity index is 1.16. The Morgan fingerprint density at radius 1 is 0.491 bits per heavy atom. The van der Waals surface area contributed by atoms with E-state index in [-0.39, 0.29) is 0 Å². The molecule has 0 N–H and O–H groups in total. The molecule has 0 saturated carbocycles. The predicted molar refractivity (Wildman–Crippen MR) is 236 cm³/mol. The maximum atomic E-state index is 2.59. The van der Waals surface area contributed by atoms with Gasteiger partial charge in [0, 0.05) is 64.2 Å². The van der Waals surface area contributed by atoms with Gasteiger partial charge in [-0.15, -0.1) is 11.3 Å². The number of thiophene rings is 1. The van der Waals surface area contributed by atoms with Crippen molar-refractivity contribution in [3.63, 3.8) is 0 Å². The fourth-order valence-corrected chi connectivity index (χ4v) is 10.6. The number of para-hydroxylation sites is 1. The van der Waals surface area contributed by atoms with Crippen LogP contribution in [0.2, 0.25) is 0 Å². The van der Waals surface area contributed by atoms with Crippen LogP contribution in [0.3, 0.4) is 0 Å². The summed E-state index contributed by atoms with van der Waals surface area (Å²) >= 11 is 1.92. The summed E-state index contributed by atoms with van der Waals surface area (Å²) in [4.78, 5) is 0. The summed E-state index contributed by atoms with van der Waals surface area (Å²) in [5.41, 5.74) is 13.9. The molecule has 55 heavy (non-hydrogen) atoms. The van der Waals surface area contributed by atoms with Crippen molar-refractivity contribution < 1.29 is 0 Å². The van der Waals surface area contributed by atoms with Gasteiger partial charge >= 0.3 is 0 Å². The van der Waals surface area contributed by atoms with Gasteiger partial charge in [-0.1, -0.05) is 133 Å². The normalized spacial score (nSPS) is 12.9. The maximum Gasteiger partial charge on any atom is 0.0631 e. The highest BCUT2D eigenvalue weighted by Gasteiger charge is 2.25. The molecule has 8 aromatic carbocycles. The first kappa shape index (κ1) is 30.7. The highest BCUT2D eigenvalue weighted by Crippen LogP contribution is 2.49. The number of aromatic nitrogens is 2. The summed E-state index contributed by atoms with van der Waals surface area (Å²) in [5, 5.41) is 9.03. The van der Waals surface area contributed by atoms with Crippen molar-refractivity contribution >= 4 is 81.1 Å². The van der Waals surface area contributed by atoms with E-state index in [1.807, 2.05) is 11.3 Å². The number of fused-ring (bicyclic) bond motifs is 11. The molecule has 0 saturated heterocycles. The molecule has 0 radical (unpaired) electrons. The molecule has 0 bridgehead atoms. The van der Waals surface area contributed by atoms with Crippen molar-refractivity contribution in [1.82, 2.24) is 9.13 Å². The zero-order valence-electron chi connectivity index (χ0n) is 30.0. The quantitative estimate of drug-likeness (QED) is 0.171. The molecule has 258 valence electrons. The monoisotopic (exact) mass is 718 g/mol. The molecule has 3 heterocycles. The minimum absolute atomic E-state index is 1.01. The van der Waals surface area contributed by atoms with Gasteiger partial charge in [0.2, 0.25) is 0 Å². The van der Waals surface area contributed by atoms with E-state index in [0.717, 1.165) is 12.8 Å². The number of rotatable bonds is 4. The number of allylic oxidation sites excluding steroid dienone is 1. The summed E-state index contributed by atoms with van der Waals surface area (Å²) in [6.45, 7) is 0. The van der Waals surface area contributed by atoms with Crippen molar-refractivity contribution in [3.05, 3.63) is 187 Å². The number of hydrogen-bond acceptors (Lipinski definition) is 1. The zero-order valence-corrected chi connectivity index (χ0v) is 30.9. The van der Waals surface area contributed by atoms with E-state index in [9.17, 15) is 0 Å². The second kappa shape index (κ2) is 11.9. The number of hydrogen-bond donors (Lipinski definition) is 0. The lowest BCUT2D eigenvalue weighted by atomic mass is 9.96. The van der Waals surface area contributed by atoms with Crippen LogP contribution >= 0.6 is 11.3 Å². The molecular formula is C52H34N2S. The van der Waals surface area contributed by atoms with Gasteiger partial charge in [0.25, 0.3) is 0 Å².